The van der Waals surface area contributed by atoms with E-state index in [1.54, 1.807) is 0 Å². The molecule has 2 aromatic rings. The number of hydrogen-bond donors (Lipinski definition) is 1. The second-order valence-corrected chi connectivity index (χ2v) is 9.80. The molecule has 2 aromatic carbocycles. The lowest BCUT2D eigenvalue weighted by atomic mass is 9.94. The third-order valence-electron chi connectivity index (χ3n) is 7.21. The fraction of sp³-hybridized carbons (Fsp3) is 0.517. The first kappa shape index (κ1) is 25.8. The summed E-state index contributed by atoms with van der Waals surface area (Å²) in [5.74, 6) is 0.230. The number of nitrogens with one attached hydrogen (secondary N) is 1. The van der Waals surface area contributed by atoms with Gasteiger partial charge in [-0.15, -0.1) is 0 Å². The van der Waals surface area contributed by atoms with Crippen LogP contribution < -0.4 is 10.2 Å². The summed E-state index contributed by atoms with van der Waals surface area (Å²) in [5, 5.41) is 3.13. The molecular weight excluding hydrogens is 422 g/mol. The highest BCUT2D eigenvalue weighted by molar-refractivity contribution is 5.93. The smallest absolute Gasteiger partial charge is 0.230 e. The van der Waals surface area contributed by atoms with Crippen molar-refractivity contribution in [3.63, 3.8) is 0 Å². The number of hydrogen-bond acceptors (Lipinski definition) is 3. The highest BCUT2D eigenvalue weighted by atomic mass is 16.2. The van der Waals surface area contributed by atoms with Crippen molar-refractivity contribution in [2.24, 2.45) is 5.92 Å². The van der Waals surface area contributed by atoms with Crippen molar-refractivity contribution in [2.45, 2.75) is 77.8 Å². The van der Waals surface area contributed by atoms with Gasteiger partial charge in [-0.3, -0.25) is 9.59 Å². The van der Waals surface area contributed by atoms with Gasteiger partial charge in [-0.25, -0.2) is 0 Å². The van der Waals surface area contributed by atoms with Gasteiger partial charge >= 0.3 is 0 Å². The van der Waals surface area contributed by atoms with Crippen LogP contribution in [0.3, 0.4) is 0 Å². The molecule has 1 aliphatic rings. The van der Waals surface area contributed by atoms with E-state index in [0.29, 0.717) is 6.54 Å². The van der Waals surface area contributed by atoms with Crippen molar-refractivity contribution in [1.82, 2.24) is 4.90 Å². The topological polar surface area (TPSA) is 52.7 Å². The number of carbonyl (C=O) groups is 2. The Morgan fingerprint density at radius 3 is 2.26 bits per heavy atom. The average Bonchev–Trinajstić information content (AvgIpc) is 3.38. The van der Waals surface area contributed by atoms with Crippen LogP contribution in [0, 0.1) is 5.92 Å². The monoisotopic (exact) mass is 463 g/mol. The molecule has 5 nitrogen and oxygen atoms in total. The second-order valence-electron chi connectivity index (χ2n) is 9.80. The van der Waals surface area contributed by atoms with Gasteiger partial charge in [-0.05, 0) is 61.9 Å². The summed E-state index contributed by atoms with van der Waals surface area (Å²) in [7, 11) is 4.04. The standard InChI is InChI=1S/C29H41N3O2/c1-6-21(3)32(29(34)26(7-2)22-13-9-8-10-14-22)20-24-19-25(17-18-27(24)31(4)5)30-28(33)23-15-11-12-16-23/h8-10,13-14,17-19,21,23,26H,6-7,11-12,15-16,20H2,1-5H3,(H,30,33)/t21-,26+/m1/s1. The maximum absolute atomic E-state index is 13.8. The van der Waals surface area contributed by atoms with Gasteiger partial charge in [0.15, 0.2) is 0 Å². The largest absolute Gasteiger partial charge is 0.377 e. The van der Waals surface area contributed by atoms with Crippen molar-refractivity contribution in [2.75, 3.05) is 24.3 Å². The summed E-state index contributed by atoms with van der Waals surface area (Å²) >= 11 is 0. The molecular formula is C29H41N3O2. The summed E-state index contributed by atoms with van der Waals surface area (Å²) < 4.78 is 0. The molecule has 2 atom stereocenters. The Hall–Kier alpha value is -2.82. The fourth-order valence-electron chi connectivity index (χ4n) is 4.95. The SMILES string of the molecule is CC[C@H](C(=O)N(Cc1cc(NC(=O)C2CCCC2)ccc1N(C)C)[C@H](C)CC)c1ccccc1. The van der Waals surface area contributed by atoms with E-state index >= 15 is 0 Å². The van der Waals surface area contributed by atoms with Crippen molar-refractivity contribution in [1.29, 1.82) is 0 Å². The molecule has 0 bridgehead atoms. The van der Waals surface area contributed by atoms with Crippen LogP contribution >= 0.6 is 0 Å². The Morgan fingerprint density at radius 2 is 1.68 bits per heavy atom. The van der Waals surface area contributed by atoms with E-state index in [2.05, 4.69) is 31.0 Å². The van der Waals surface area contributed by atoms with Gasteiger partial charge in [0, 0.05) is 44.0 Å². The lowest BCUT2D eigenvalue weighted by molar-refractivity contribution is -0.135. The molecule has 1 N–H and O–H groups in total. The van der Waals surface area contributed by atoms with E-state index in [1.165, 1.54) is 0 Å². The zero-order valence-corrected chi connectivity index (χ0v) is 21.5. The Kier molecular flexibility index (Phi) is 9.14. The molecule has 0 heterocycles. The van der Waals surface area contributed by atoms with Crippen LogP contribution in [0.5, 0.6) is 0 Å². The third kappa shape index (κ3) is 6.19. The van der Waals surface area contributed by atoms with Crippen LogP contribution in [0.1, 0.15) is 76.3 Å². The highest BCUT2D eigenvalue weighted by Gasteiger charge is 2.28. The molecule has 0 radical (unpaired) electrons. The zero-order chi connectivity index (χ0) is 24.7. The highest BCUT2D eigenvalue weighted by Crippen LogP contribution is 2.30. The van der Waals surface area contributed by atoms with Crippen LogP contribution in [0.25, 0.3) is 0 Å². The van der Waals surface area contributed by atoms with E-state index in [4.69, 9.17) is 0 Å². The molecule has 34 heavy (non-hydrogen) atoms. The molecule has 1 saturated carbocycles. The number of anilines is 2. The average molecular weight is 464 g/mol. The molecule has 5 heteroatoms. The minimum absolute atomic E-state index is 0.108. The number of benzene rings is 2. The van der Waals surface area contributed by atoms with E-state index in [-0.39, 0.29) is 29.7 Å². The van der Waals surface area contributed by atoms with Crippen LogP contribution in [0.2, 0.25) is 0 Å². The predicted molar refractivity (Wildman–Crippen MR) is 141 cm³/mol. The molecule has 2 amide bonds. The first-order chi connectivity index (χ1) is 16.3. The summed E-state index contributed by atoms with van der Waals surface area (Å²) in [6, 6.07) is 16.3. The number of amides is 2. The minimum atomic E-state index is -0.164. The molecule has 3 rings (SSSR count). The molecule has 0 aromatic heterocycles. The predicted octanol–water partition coefficient (Wildman–Crippen LogP) is 6.20. The second kappa shape index (κ2) is 12.0. The van der Waals surface area contributed by atoms with E-state index in [0.717, 1.165) is 61.0 Å². The van der Waals surface area contributed by atoms with Gasteiger partial charge in [0.2, 0.25) is 11.8 Å². The number of rotatable bonds is 10. The quantitative estimate of drug-likeness (QED) is 0.456. The van der Waals surface area contributed by atoms with Gasteiger partial charge in [0.25, 0.3) is 0 Å². The Balaban J connectivity index is 1.89. The molecule has 0 spiro atoms. The fourth-order valence-corrected chi connectivity index (χ4v) is 4.95. The zero-order valence-electron chi connectivity index (χ0n) is 21.5. The van der Waals surface area contributed by atoms with Crippen LogP contribution in [0.15, 0.2) is 48.5 Å². The van der Waals surface area contributed by atoms with Gasteiger partial charge in [0.1, 0.15) is 0 Å². The molecule has 1 aliphatic carbocycles. The molecule has 0 aliphatic heterocycles. The molecule has 184 valence electrons. The minimum Gasteiger partial charge on any atom is -0.377 e. The van der Waals surface area contributed by atoms with E-state index in [1.807, 2.05) is 67.5 Å². The normalized spacial score (nSPS) is 15.6. The van der Waals surface area contributed by atoms with Crippen LogP contribution in [-0.2, 0) is 16.1 Å². The van der Waals surface area contributed by atoms with Crippen LogP contribution in [0.4, 0.5) is 11.4 Å². The summed E-state index contributed by atoms with van der Waals surface area (Å²) in [6.07, 6.45) is 5.86. The summed E-state index contributed by atoms with van der Waals surface area (Å²) in [4.78, 5) is 30.7. The van der Waals surface area contributed by atoms with Gasteiger partial charge < -0.3 is 15.1 Å². The Bertz CT molecular complexity index is 951. The molecule has 0 saturated heterocycles. The number of carbonyl (C=O) groups excluding carboxylic acids is 2. The molecule has 0 unspecified atom stereocenters. The molecule has 1 fully saturated rings. The number of nitrogens with zero attached hydrogens (tertiary/aromatic N) is 2. The van der Waals surface area contributed by atoms with Gasteiger partial charge in [0.05, 0.1) is 5.92 Å². The van der Waals surface area contributed by atoms with Crippen molar-refractivity contribution >= 4 is 23.2 Å². The first-order valence-corrected chi connectivity index (χ1v) is 12.8. The Labute approximate surface area is 205 Å². The maximum Gasteiger partial charge on any atom is 0.230 e. The lowest BCUT2D eigenvalue weighted by Crippen LogP contribution is -2.41. The van der Waals surface area contributed by atoms with Crippen molar-refractivity contribution < 1.29 is 9.59 Å². The van der Waals surface area contributed by atoms with Crippen molar-refractivity contribution in [3.8, 4) is 0 Å². The van der Waals surface area contributed by atoms with Crippen LogP contribution in [-0.4, -0.2) is 36.9 Å². The maximum atomic E-state index is 13.8. The van der Waals surface area contributed by atoms with Gasteiger partial charge in [-0.2, -0.15) is 0 Å². The van der Waals surface area contributed by atoms with Crippen molar-refractivity contribution in [3.05, 3.63) is 59.7 Å². The summed E-state index contributed by atoms with van der Waals surface area (Å²) in [5.41, 5.74) is 3.98. The lowest BCUT2D eigenvalue weighted by Gasteiger charge is -2.33. The van der Waals surface area contributed by atoms with Gasteiger partial charge in [-0.1, -0.05) is 57.0 Å². The third-order valence-corrected chi connectivity index (χ3v) is 7.21. The first-order valence-electron chi connectivity index (χ1n) is 12.8. The summed E-state index contributed by atoms with van der Waals surface area (Å²) in [6.45, 7) is 6.84. The van der Waals surface area contributed by atoms with E-state index < -0.39 is 0 Å². The Morgan fingerprint density at radius 1 is 1.00 bits per heavy atom. The van der Waals surface area contributed by atoms with E-state index in [9.17, 15) is 9.59 Å².